The van der Waals surface area contributed by atoms with Crippen molar-refractivity contribution in [2.45, 2.75) is 65.3 Å². The summed E-state index contributed by atoms with van der Waals surface area (Å²) in [6, 6.07) is 0. The van der Waals surface area contributed by atoms with Crippen LogP contribution in [0.5, 0.6) is 0 Å². The van der Waals surface area contributed by atoms with Gasteiger partial charge in [0.05, 0.1) is 29.5 Å². The van der Waals surface area contributed by atoms with E-state index in [2.05, 4.69) is 5.32 Å². The zero-order valence-corrected chi connectivity index (χ0v) is 19.9. The van der Waals surface area contributed by atoms with Crippen LogP contribution in [0.1, 0.15) is 67.7 Å². The van der Waals surface area contributed by atoms with E-state index in [0.717, 1.165) is 49.4 Å². The van der Waals surface area contributed by atoms with Crippen molar-refractivity contribution in [2.75, 3.05) is 39.5 Å². The van der Waals surface area contributed by atoms with Gasteiger partial charge >= 0.3 is 5.97 Å². The van der Waals surface area contributed by atoms with Crippen molar-refractivity contribution in [2.24, 2.45) is 11.3 Å². The molecular formula is C24H36N4O5. The van der Waals surface area contributed by atoms with Gasteiger partial charge < -0.3 is 19.7 Å². The Labute approximate surface area is 195 Å². The predicted octanol–water partition coefficient (Wildman–Crippen LogP) is 1.72. The highest BCUT2D eigenvalue weighted by molar-refractivity contribution is 5.97. The fourth-order valence-corrected chi connectivity index (χ4v) is 5.29. The Bertz CT molecular complexity index is 882. The van der Waals surface area contributed by atoms with Crippen molar-refractivity contribution in [1.82, 2.24) is 20.0 Å². The van der Waals surface area contributed by atoms with Crippen LogP contribution in [-0.2, 0) is 38.4 Å². The molecule has 0 aromatic carbocycles. The Morgan fingerprint density at radius 3 is 2.64 bits per heavy atom. The number of carbonyl (C=O) groups excluding carboxylic acids is 3. The van der Waals surface area contributed by atoms with Gasteiger partial charge in [-0.05, 0) is 43.9 Å². The number of carbonyl (C=O) groups is 3. The SMILES string of the molecule is CCc1nn(CCCOC(=O)C2CCN(C(C)=O)CC2)c2c1C(=O)NCC1(CCOCC1)C2. The molecule has 4 rings (SSSR count). The number of likely N-dealkylation sites (tertiary alicyclic amines) is 1. The van der Waals surface area contributed by atoms with Gasteiger partial charge in [0.2, 0.25) is 5.91 Å². The topological polar surface area (TPSA) is 103 Å². The third-order valence-electron chi connectivity index (χ3n) is 7.44. The summed E-state index contributed by atoms with van der Waals surface area (Å²) in [5.41, 5.74) is 2.59. The van der Waals surface area contributed by atoms with E-state index in [0.29, 0.717) is 58.5 Å². The van der Waals surface area contributed by atoms with Gasteiger partial charge in [-0.1, -0.05) is 6.92 Å². The van der Waals surface area contributed by atoms with Crippen LogP contribution in [0.25, 0.3) is 0 Å². The number of nitrogens with zero attached hydrogens (tertiary/aromatic N) is 3. The van der Waals surface area contributed by atoms with Crippen molar-refractivity contribution in [1.29, 1.82) is 0 Å². The molecule has 1 aromatic heterocycles. The zero-order chi connectivity index (χ0) is 23.4. The maximum absolute atomic E-state index is 12.9. The Hall–Kier alpha value is -2.42. The molecule has 0 bridgehead atoms. The molecule has 0 radical (unpaired) electrons. The highest BCUT2D eigenvalue weighted by Gasteiger charge is 2.39. The van der Waals surface area contributed by atoms with Gasteiger partial charge in [0, 0.05) is 52.7 Å². The number of amides is 2. The van der Waals surface area contributed by atoms with Gasteiger partial charge in [0.25, 0.3) is 5.91 Å². The van der Waals surface area contributed by atoms with Gasteiger partial charge in [-0.15, -0.1) is 0 Å². The number of rotatable bonds is 6. The van der Waals surface area contributed by atoms with Crippen LogP contribution in [0.3, 0.4) is 0 Å². The van der Waals surface area contributed by atoms with E-state index in [1.165, 1.54) is 0 Å². The molecule has 33 heavy (non-hydrogen) atoms. The van der Waals surface area contributed by atoms with E-state index in [-0.39, 0.29) is 29.1 Å². The summed E-state index contributed by atoms with van der Waals surface area (Å²) in [7, 11) is 0. The summed E-state index contributed by atoms with van der Waals surface area (Å²) in [5, 5.41) is 7.89. The third-order valence-corrected chi connectivity index (χ3v) is 7.44. The molecule has 3 aliphatic heterocycles. The van der Waals surface area contributed by atoms with Crippen molar-refractivity contribution in [3.05, 3.63) is 17.0 Å². The zero-order valence-electron chi connectivity index (χ0n) is 19.9. The quantitative estimate of drug-likeness (QED) is 0.512. The van der Waals surface area contributed by atoms with E-state index in [1.54, 1.807) is 11.8 Å². The second-order valence-corrected chi connectivity index (χ2v) is 9.62. The molecule has 3 aliphatic rings. The van der Waals surface area contributed by atoms with E-state index < -0.39 is 0 Å². The molecule has 2 amide bonds. The van der Waals surface area contributed by atoms with Crippen LogP contribution in [0.4, 0.5) is 0 Å². The lowest BCUT2D eigenvalue weighted by atomic mass is 9.76. The molecule has 2 saturated heterocycles. The molecule has 0 aliphatic carbocycles. The van der Waals surface area contributed by atoms with Crippen LogP contribution in [0.2, 0.25) is 0 Å². The molecule has 4 heterocycles. The fourth-order valence-electron chi connectivity index (χ4n) is 5.29. The molecule has 9 nitrogen and oxygen atoms in total. The summed E-state index contributed by atoms with van der Waals surface area (Å²) >= 11 is 0. The molecule has 1 spiro atoms. The minimum absolute atomic E-state index is 0.0170. The lowest BCUT2D eigenvalue weighted by Crippen LogP contribution is -2.40. The molecular weight excluding hydrogens is 424 g/mol. The van der Waals surface area contributed by atoms with Gasteiger partial charge in [-0.2, -0.15) is 5.10 Å². The second kappa shape index (κ2) is 10.2. The Morgan fingerprint density at radius 2 is 1.97 bits per heavy atom. The first kappa shape index (κ1) is 23.7. The molecule has 0 atom stereocenters. The highest BCUT2D eigenvalue weighted by Crippen LogP contribution is 2.37. The molecule has 0 unspecified atom stereocenters. The summed E-state index contributed by atoms with van der Waals surface area (Å²) < 4.78 is 13.1. The van der Waals surface area contributed by atoms with Crippen molar-refractivity contribution >= 4 is 17.8 Å². The van der Waals surface area contributed by atoms with E-state index in [9.17, 15) is 14.4 Å². The summed E-state index contributed by atoms with van der Waals surface area (Å²) in [6.45, 7) is 7.87. The summed E-state index contributed by atoms with van der Waals surface area (Å²) in [6.07, 6.45) is 5.34. The number of aromatic nitrogens is 2. The lowest BCUT2D eigenvalue weighted by molar-refractivity contribution is -0.151. The van der Waals surface area contributed by atoms with Crippen LogP contribution < -0.4 is 5.32 Å². The van der Waals surface area contributed by atoms with Crippen LogP contribution in [0.15, 0.2) is 0 Å². The largest absolute Gasteiger partial charge is 0.465 e. The number of aryl methyl sites for hydroxylation is 2. The maximum atomic E-state index is 12.9. The number of nitrogens with one attached hydrogen (secondary N) is 1. The summed E-state index contributed by atoms with van der Waals surface area (Å²) in [4.78, 5) is 38.6. The lowest BCUT2D eigenvalue weighted by Gasteiger charge is -2.36. The van der Waals surface area contributed by atoms with Gasteiger partial charge in [-0.3, -0.25) is 19.1 Å². The van der Waals surface area contributed by atoms with Gasteiger partial charge in [0.15, 0.2) is 0 Å². The van der Waals surface area contributed by atoms with Crippen molar-refractivity contribution in [3.8, 4) is 0 Å². The monoisotopic (exact) mass is 460 g/mol. The fraction of sp³-hybridized carbons (Fsp3) is 0.750. The standard InChI is InChI=1S/C24H36N4O5/c1-3-19-21-20(15-24(16-25-22(21)30)7-13-32-14-8-24)28(26-19)9-4-12-33-23(31)18-5-10-27(11-6-18)17(2)29/h18H,3-16H2,1-2H3,(H,25,30). The first-order chi connectivity index (χ1) is 15.9. The first-order valence-electron chi connectivity index (χ1n) is 12.3. The second-order valence-electron chi connectivity index (χ2n) is 9.62. The van der Waals surface area contributed by atoms with Crippen LogP contribution >= 0.6 is 0 Å². The maximum Gasteiger partial charge on any atom is 0.309 e. The third kappa shape index (κ3) is 5.23. The number of hydrogen-bond donors (Lipinski definition) is 1. The summed E-state index contributed by atoms with van der Waals surface area (Å²) in [5.74, 6) is -0.278. The molecule has 9 heteroatoms. The number of piperidine rings is 1. The molecule has 0 saturated carbocycles. The van der Waals surface area contributed by atoms with E-state index in [1.807, 2.05) is 11.6 Å². The Balaban J connectivity index is 1.36. The molecule has 1 aromatic rings. The predicted molar refractivity (Wildman–Crippen MR) is 121 cm³/mol. The van der Waals surface area contributed by atoms with Crippen molar-refractivity contribution in [3.63, 3.8) is 0 Å². The Morgan fingerprint density at radius 1 is 1.24 bits per heavy atom. The average Bonchev–Trinajstić information content (AvgIpc) is 3.10. The highest BCUT2D eigenvalue weighted by atomic mass is 16.5. The number of hydrogen-bond acceptors (Lipinski definition) is 6. The molecule has 2 fully saturated rings. The smallest absolute Gasteiger partial charge is 0.309 e. The minimum Gasteiger partial charge on any atom is -0.465 e. The van der Waals surface area contributed by atoms with Crippen molar-refractivity contribution < 1.29 is 23.9 Å². The van der Waals surface area contributed by atoms with E-state index >= 15 is 0 Å². The molecule has 1 N–H and O–H groups in total. The average molecular weight is 461 g/mol. The van der Waals surface area contributed by atoms with Crippen LogP contribution in [-0.4, -0.2) is 71.9 Å². The van der Waals surface area contributed by atoms with Crippen LogP contribution in [0, 0.1) is 11.3 Å². The first-order valence-corrected chi connectivity index (χ1v) is 12.3. The molecule has 182 valence electrons. The number of esters is 1. The van der Waals surface area contributed by atoms with Gasteiger partial charge in [0.1, 0.15) is 0 Å². The van der Waals surface area contributed by atoms with E-state index in [4.69, 9.17) is 14.6 Å². The van der Waals surface area contributed by atoms with Gasteiger partial charge in [-0.25, -0.2) is 0 Å². The minimum atomic E-state index is -0.174. The number of ether oxygens (including phenoxy) is 2. The normalized spacial score (nSPS) is 20.8. The Kier molecular flexibility index (Phi) is 7.36. The number of fused-ring (bicyclic) bond motifs is 1.